The van der Waals surface area contributed by atoms with Gasteiger partial charge in [0.05, 0.1) is 46.9 Å². The molecule has 2 saturated heterocycles. The van der Waals surface area contributed by atoms with Crippen molar-refractivity contribution < 1.29 is 19.0 Å². The molecule has 0 radical (unpaired) electrons. The Morgan fingerprint density at radius 1 is 1.02 bits per heavy atom. The first-order valence-electron chi connectivity index (χ1n) is 16.9. The highest BCUT2D eigenvalue weighted by Crippen LogP contribution is 2.30. The highest BCUT2D eigenvalue weighted by atomic mass is 35.5. The summed E-state index contributed by atoms with van der Waals surface area (Å²) in [7, 11) is 0. The number of aryl methyl sites for hydroxylation is 2. The maximum absolute atomic E-state index is 14.5. The molecule has 0 aliphatic carbocycles. The van der Waals surface area contributed by atoms with E-state index < -0.39 is 11.9 Å². The Morgan fingerprint density at radius 3 is 2.46 bits per heavy atom. The van der Waals surface area contributed by atoms with E-state index in [1.807, 2.05) is 67.8 Å². The van der Waals surface area contributed by atoms with E-state index in [-0.39, 0.29) is 23.7 Å². The standard InChI is InChI=1S/C37H43ClFN5O4/c1-37(2,3)48-35(45)25-9-11-30-33(20-25)43(22-28-15-19-47-28)34(40-30)23-41-16-13-27(14-17-41)44-32-7-5-4-6-31(32)42(36(44)46)18-12-24-8-10-26(38)21-29(24)39/h4-11,20-21,27-28,35,45H,12-19,22-23H2,1-3H3/t28-,35?/m0/s1. The lowest BCUT2D eigenvalue weighted by Crippen LogP contribution is -2.38. The molecule has 2 aliphatic heterocycles. The molecule has 254 valence electrons. The van der Waals surface area contributed by atoms with Crippen LogP contribution < -0.4 is 5.69 Å². The molecule has 0 bridgehead atoms. The highest BCUT2D eigenvalue weighted by molar-refractivity contribution is 6.30. The predicted molar refractivity (Wildman–Crippen MR) is 185 cm³/mol. The minimum atomic E-state index is -1.03. The molecule has 3 aromatic carbocycles. The van der Waals surface area contributed by atoms with Crippen LogP contribution in [0, 0.1) is 5.82 Å². The number of halogens is 2. The quantitative estimate of drug-likeness (QED) is 0.168. The molecule has 48 heavy (non-hydrogen) atoms. The number of imidazole rings is 2. The number of fused-ring (bicyclic) bond motifs is 2. The molecule has 2 fully saturated rings. The highest BCUT2D eigenvalue weighted by Gasteiger charge is 2.28. The van der Waals surface area contributed by atoms with Gasteiger partial charge in [0.15, 0.2) is 6.29 Å². The third kappa shape index (κ3) is 6.82. The first-order valence-corrected chi connectivity index (χ1v) is 17.2. The molecule has 1 unspecified atom stereocenters. The van der Waals surface area contributed by atoms with E-state index in [1.165, 1.54) is 6.07 Å². The molecule has 1 N–H and O–H groups in total. The van der Waals surface area contributed by atoms with Crippen LogP contribution in [-0.4, -0.2) is 60.1 Å². The zero-order valence-corrected chi connectivity index (χ0v) is 28.5. The molecule has 11 heteroatoms. The van der Waals surface area contributed by atoms with Gasteiger partial charge in [0, 0.05) is 42.9 Å². The van der Waals surface area contributed by atoms with Crippen LogP contribution in [0.25, 0.3) is 22.1 Å². The van der Waals surface area contributed by atoms with Gasteiger partial charge >= 0.3 is 5.69 Å². The molecule has 5 aromatic rings. The first-order chi connectivity index (χ1) is 23.0. The lowest BCUT2D eigenvalue weighted by Gasteiger charge is -2.33. The van der Waals surface area contributed by atoms with Crippen molar-refractivity contribution in [2.24, 2.45) is 0 Å². The summed E-state index contributed by atoms with van der Waals surface area (Å²) in [6.07, 6.45) is 2.17. The van der Waals surface area contributed by atoms with Gasteiger partial charge in [-0.2, -0.15) is 0 Å². The Morgan fingerprint density at radius 2 is 1.77 bits per heavy atom. The summed E-state index contributed by atoms with van der Waals surface area (Å²) in [6.45, 7) is 9.95. The van der Waals surface area contributed by atoms with E-state index in [0.717, 1.165) is 66.9 Å². The maximum atomic E-state index is 14.5. The van der Waals surface area contributed by atoms with E-state index in [9.17, 15) is 14.3 Å². The fraction of sp³-hybridized carbons (Fsp3) is 0.459. The summed E-state index contributed by atoms with van der Waals surface area (Å²) in [4.78, 5) is 21.3. The largest absolute Gasteiger partial charge is 0.376 e. The van der Waals surface area contributed by atoms with Crippen molar-refractivity contribution in [1.29, 1.82) is 0 Å². The number of para-hydroxylation sites is 2. The number of nitrogens with zero attached hydrogens (tertiary/aromatic N) is 5. The average Bonchev–Trinajstić information content (AvgIpc) is 3.50. The Hall–Kier alpha value is -3.54. The maximum Gasteiger partial charge on any atom is 0.329 e. The minimum Gasteiger partial charge on any atom is -0.376 e. The van der Waals surface area contributed by atoms with Crippen molar-refractivity contribution in [2.45, 2.75) is 90.1 Å². The normalized spacial score (nSPS) is 18.5. The summed E-state index contributed by atoms with van der Waals surface area (Å²) in [5, 5.41) is 11.1. The van der Waals surface area contributed by atoms with Gasteiger partial charge in [0.2, 0.25) is 0 Å². The summed E-state index contributed by atoms with van der Waals surface area (Å²) in [5.74, 6) is 0.610. The second-order valence-electron chi connectivity index (χ2n) is 14.0. The predicted octanol–water partition coefficient (Wildman–Crippen LogP) is 6.62. The average molecular weight is 676 g/mol. The van der Waals surface area contributed by atoms with Gasteiger partial charge in [0.1, 0.15) is 11.6 Å². The van der Waals surface area contributed by atoms with Gasteiger partial charge in [-0.05, 0) is 88.4 Å². The van der Waals surface area contributed by atoms with Crippen LogP contribution in [0.1, 0.15) is 69.3 Å². The van der Waals surface area contributed by atoms with Gasteiger partial charge in [-0.15, -0.1) is 0 Å². The summed E-state index contributed by atoms with van der Waals surface area (Å²) in [6, 6.07) is 18.4. The molecule has 2 aromatic heterocycles. The molecule has 0 spiro atoms. The third-order valence-electron chi connectivity index (χ3n) is 9.56. The van der Waals surface area contributed by atoms with Crippen LogP contribution in [0.3, 0.4) is 0 Å². The number of aliphatic hydroxyl groups excluding tert-OH is 1. The Bertz CT molecular complexity index is 1980. The second-order valence-corrected chi connectivity index (χ2v) is 14.5. The van der Waals surface area contributed by atoms with Crippen molar-refractivity contribution in [3.8, 4) is 0 Å². The van der Waals surface area contributed by atoms with Crippen LogP contribution in [0.2, 0.25) is 5.02 Å². The third-order valence-corrected chi connectivity index (χ3v) is 9.79. The van der Waals surface area contributed by atoms with Gasteiger partial charge in [-0.3, -0.25) is 14.0 Å². The topological polar surface area (TPSA) is 86.7 Å². The van der Waals surface area contributed by atoms with Crippen molar-refractivity contribution in [3.05, 3.63) is 98.9 Å². The molecule has 7 rings (SSSR count). The number of hydrogen-bond donors (Lipinski definition) is 1. The number of hydrogen-bond acceptors (Lipinski definition) is 6. The van der Waals surface area contributed by atoms with Crippen LogP contribution in [0.5, 0.6) is 0 Å². The van der Waals surface area contributed by atoms with Crippen molar-refractivity contribution >= 4 is 33.7 Å². The molecule has 0 saturated carbocycles. The van der Waals surface area contributed by atoms with Gasteiger partial charge in [-0.25, -0.2) is 14.2 Å². The van der Waals surface area contributed by atoms with Gasteiger partial charge in [0.25, 0.3) is 0 Å². The minimum absolute atomic E-state index is 0.0558. The van der Waals surface area contributed by atoms with Crippen molar-refractivity contribution in [2.75, 3.05) is 19.7 Å². The number of aromatic nitrogens is 4. The molecule has 0 amide bonds. The number of benzene rings is 3. The van der Waals surface area contributed by atoms with E-state index >= 15 is 0 Å². The van der Waals surface area contributed by atoms with Gasteiger partial charge < -0.3 is 19.1 Å². The van der Waals surface area contributed by atoms with E-state index in [2.05, 4.69) is 9.47 Å². The Balaban J connectivity index is 1.09. The molecular formula is C37H43ClFN5O4. The number of piperidine rings is 1. The molecular weight excluding hydrogens is 633 g/mol. The van der Waals surface area contributed by atoms with Crippen molar-refractivity contribution in [1.82, 2.24) is 23.6 Å². The lowest BCUT2D eigenvalue weighted by atomic mass is 10.0. The number of likely N-dealkylation sites (tertiary alicyclic amines) is 1. The molecule has 4 heterocycles. The van der Waals surface area contributed by atoms with Crippen LogP contribution in [-0.2, 0) is 35.5 Å². The van der Waals surface area contributed by atoms with E-state index in [1.54, 1.807) is 16.7 Å². The lowest BCUT2D eigenvalue weighted by molar-refractivity contribution is -0.169. The molecule has 2 aliphatic rings. The van der Waals surface area contributed by atoms with Gasteiger partial charge in [-0.1, -0.05) is 35.9 Å². The molecule has 2 atom stereocenters. The Kier molecular flexibility index (Phi) is 9.21. The fourth-order valence-corrected chi connectivity index (χ4v) is 7.16. The smallest absolute Gasteiger partial charge is 0.329 e. The summed E-state index contributed by atoms with van der Waals surface area (Å²) >= 11 is 5.95. The Labute approximate surface area is 284 Å². The van der Waals surface area contributed by atoms with Crippen molar-refractivity contribution in [3.63, 3.8) is 0 Å². The second kappa shape index (κ2) is 13.4. The van der Waals surface area contributed by atoms with Crippen LogP contribution in [0.15, 0.2) is 65.5 Å². The van der Waals surface area contributed by atoms with E-state index in [4.69, 9.17) is 26.1 Å². The monoisotopic (exact) mass is 675 g/mol. The SMILES string of the molecule is CC(C)(C)OC(O)c1ccc2nc(CN3CCC(n4c(=O)n(CCc5ccc(Cl)cc5F)c5ccccc54)CC3)n(C[C@@H]3CCO3)c2c1. The zero-order chi connectivity index (χ0) is 33.6. The summed E-state index contributed by atoms with van der Waals surface area (Å²) in [5.41, 5.74) is 4.31. The van der Waals surface area contributed by atoms with E-state index in [0.29, 0.717) is 42.2 Å². The zero-order valence-electron chi connectivity index (χ0n) is 27.7. The summed E-state index contributed by atoms with van der Waals surface area (Å²) < 4.78 is 32.1. The number of ether oxygens (including phenoxy) is 2. The number of aliphatic hydroxyl groups is 1. The fourth-order valence-electron chi connectivity index (χ4n) is 7.00. The van der Waals surface area contributed by atoms with Crippen LogP contribution >= 0.6 is 11.6 Å². The number of rotatable bonds is 10. The molecule has 9 nitrogen and oxygen atoms in total. The van der Waals surface area contributed by atoms with Crippen LogP contribution in [0.4, 0.5) is 4.39 Å². The first kappa shape index (κ1) is 33.0.